The van der Waals surface area contributed by atoms with Crippen LogP contribution >= 0.6 is 0 Å². The van der Waals surface area contributed by atoms with Crippen LogP contribution in [0.4, 0.5) is 19.0 Å². The molecule has 1 aromatic heterocycles. The van der Waals surface area contributed by atoms with Crippen LogP contribution in [0, 0.1) is 18.3 Å². The highest BCUT2D eigenvalue weighted by Gasteiger charge is 2.28. The first-order chi connectivity index (χ1) is 6.85. The lowest BCUT2D eigenvalue weighted by Gasteiger charge is -2.09. The zero-order valence-corrected chi connectivity index (χ0v) is 8.18. The fourth-order valence-corrected chi connectivity index (χ4v) is 1.18. The van der Waals surface area contributed by atoms with E-state index in [1.807, 2.05) is 6.07 Å². The molecule has 0 aliphatic rings. The third-order valence-electron chi connectivity index (χ3n) is 1.79. The van der Waals surface area contributed by atoms with Gasteiger partial charge in [0.1, 0.15) is 24.0 Å². The molecule has 82 valence electrons. The highest BCUT2D eigenvalue weighted by molar-refractivity contribution is 5.55. The Morgan fingerprint density at radius 2 is 2.13 bits per heavy atom. The molecule has 0 aromatic carbocycles. The third kappa shape index (κ3) is 2.62. The molecule has 0 fully saturated rings. The fourth-order valence-electron chi connectivity index (χ4n) is 1.18. The second kappa shape index (κ2) is 3.81. The third-order valence-corrected chi connectivity index (χ3v) is 1.79. The molecule has 1 heterocycles. The first-order valence-corrected chi connectivity index (χ1v) is 4.09. The maximum Gasteiger partial charge on any atom is 0.405 e. The Hall–Kier alpha value is -1.71. The van der Waals surface area contributed by atoms with Gasteiger partial charge in [-0.15, -0.1) is 0 Å². The van der Waals surface area contributed by atoms with Crippen molar-refractivity contribution >= 4 is 5.82 Å². The van der Waals surface area contributed by atoms with Gasteiger partial charge in [0.25, 0.3) is 0 Å². The van der Waals surface area contributed by atoms with E-state index in [-0.39, 0.29) is 11.4 Å². The highest BCUT2D eigenvalue weighted by Crippen LogP contribution is 2.20. The van der Waals surface area contributed by atoms with E-state index < -0.39 is 12.7 Å². The molecule has 1 rings (SSSR count). The lowest BCUT2D eigenvalue weighted by atomic mass is 10.2. The summed E-state index contributed by atoms with van der Waals surface area (Å²) in [4.78, 5) is 0. The summed E-state index contributed by atoms with van der Waals surface area (Å²) in [7, 11) is 1.48. The van der Waals surface area contributed by atoms with E-state index in [1.165, 1.54) is 11.7 Å². The average Bonchev–Trinajstić information content (AvgIpc) is 2.35. The summed E-state index contributed by atoms with van der Waals surface area (Å²) < 4.78 is 37.0. The monoisotopic (exact) mass is 218 g/mol. The number of aryl methyl sites for hydroxylation is 2. The van der Waals surface area contributed by atoms with Crippen LogP contribution in [0.15, 0.2) is 0 Å². The Labute approximate surface area is 84.3 Å². The summed E-state index contributed by atoms with van der Waals surface area (Å²) in [5.74, 6) is 0.0901. The van der Waals surface area contributed by atoms with Crippen LogP contribution in [-0.4, -0.2) is 22.5 Å². The number of alkyl halides is 3. The number of nitrogens with zero attached hydrogens (tertiary/aromatic N) is 3. The number of nitrogens with one attached hydrogen (secondary N) is 1. The van der Waals surface area contributed by atoms with Gasteiger partial charge in [0.2, 0.25) is 0 Å². The minimum Gasteiger partial charge on any atom is -0.360 e. The molecule has 0 aliphatic heterocycles. The van der Waals surface area contributed by atoms with Crippen LogP contribution in [-0.2, 0) is 7.05 Å². The van der Waals surface area contributed by atoms with Crippen molar-refractivity contribution in [1.29, 1.82) is 5.26 Å². The number of rotatable bonds is 2. The van der Waals surface area contributed by atoms with Crippen molar-refractivity contribution in [2.24, 2.45) is 7.05 Å². The van der Waals surface area contributed by atoms with Gasteiger partial charge < -0.3 is 5.32 Å². The van der Waals surface area contributed by atoms with Crippen LogP contribution in [0.25, 0.3) is 0 Å². The SMILES string of the molecule is Cc1nn(C)c(NCC(F)(F)F)c1C#N. The summed E-state index contributed by atoms with van der Waals surface area (Å²) in [6, 6.07) is 1.81. The van der Waals surface area contributed by atoms with Crippen LogP contribution in [0.3, 0.4) is 0 Å². The molecule has 0 aliphatic carbocycles. The van der Waals surface area contributed by atoms with Crippen molar-refractivity contribution in [2.75, 3.05) is 11.9 Å². The summed E-state index contributed by atoms with van der Waals surface area (Å²) in [5.41, 5.74) is 0.548. The quantitative estimate of drug-likeness (QED) is 0.819. The van der Waals surface area contributed by atoms with Gasteiger partial charge in [-0.1, -0.05) is 0 Å². The maximum absolute atomic E-state index is 11.9. The molecular weight excluding hydrogens is 209 g/mol. The molecule has 0 bridgehead atoms. The largest absolute Gasteiger partial charge is 0.405 e. The molecule has 7 heteroatoms. The van der Waals surface area contributed by atoms with Crippen molar-refractivity contribution in [1.82, 2.24) is 9.78 Å². The molecule has 1 aromatic rings. The summed E-state index contributed by atoms with van der Waals surface area (Å²) in [6.07, 6.45) is -4.31. The number of anilines is 1. The van der Waals surface area contributed by atoms with Gasteiger partial charge in [-0.3, -0.25) is 4.68 Å². The number of hydrogen-bond donors (Lipinski definition) is 1. The molecule has 0 unspecified atom stereocenters. The summed E-state index contributed by atoms with van der Waals surface area (Å²) in [6.45, 7) is 0.387. The Balaban J connectivity index is 2.91. The zero-order chi connectivity index (χ0) is 11.6. The van der Waals surface area contributed by atoms with Crippen LogP contribution in [0.1, 0.15) is 11.3 Å². The lowest BCUT2D eigenvalue weighted by molar-refractivity contribution is -0.115. The van der Waals surface area contributed by atoms with Crippen LogP contribution in [0.5, 0.6) is 0 Å². The van der Waals surface area contributed by atoms with Gasteiger partial charge in [0.05, 0.1) is 5.69 Å². The van der Waals surface area contributed by atoms with E-state index in [4.69, 9.17) is 5.26 Å². The van der Waals surface area contributed by atoms with E-state index in [0.717, 1.165) is 0 Å². The minimum atomic E-state index is -4.31. The molecule has 0 saturated carbocycles. The lowest BCUT2D eigenvalue weighted by Crippen LogP contribution is -2.22. The van der Waals surface area contributed by atoms with Gasteiger partial charge in [0.15, 0.2) is 0 Å². The highest BCUT2D eigenvalue weighted by atomic mass is 19.4. The molecule has 0 atom stereocenters. The van der Waals surface area contributed by atoms with Gasteiger partial charge >= 0.3 is 6.18 Å². The van der Waals surface area contributed by atoms with Crippen LogP contribution in [0.2, 0.25) is 0 Å². The van der Waals surface area contributed by atoms with E-state index in [1.54, 1.807) is 6.92 Å². The molecule has 0 spiro atoms. The molecular formula is C8H9F3N4. The molecule has 1 N–H and O–H groups in total. The second-order valence-electron chi connectivity index (χ2n) is 3.01. The van der Waals surface area contributed by atoms with Crippen molar-refractivity contribution in [3.8, 4) is 6.07 Å². The topological polar surface area (TPSA) is 53.6 Å². The standard InChI is InChI=1S/C8H9F3N4/c1-5-6(3-12)7(15(2)14-5)13-4-8(9,10)11/h13H,4H2,1-2H3. The number of hydrogen-bond acceptors (Lipinski definition) is 3. The first kappa shape index (κ1) is 11.4. The van der Waals surface area contributed by atoms with E-state index in [9.17, 15) is 13.2 Å². The Morgan fingerprint density at radius 3 is 2.60 bits per heavy atom. The predicted molar refractivity (Wildman–Crippen MR) is 47.2 cm³/mol. The Kier molecular flexibility index (Phi) is 2.88. The predicted octanol–water partition coefficient (Wildman–Crippen LogP) is 1.57. The molecule has 0 saturated heterocycles. The number of aromatic nitrogens is 2. The van der Waals surface area contributed by atoms with Crippen molar-refractivity contribution in [3.05, 3.63) is 11.3 Å². The molecule has 4 nitrogen and oxygen atoms in total. The average molecular weight is 218 g/mol. The number of halogens is 3. The van der Waals surface area contributed by atoms with E-state index in [2.05, 4.69) is 10.4 Å². The fraction of sp³-hybridized carbons (Fsp3) is 0.500. The smallest absolute Gasteiger partial charge is 0.360 e. The molecule has 0 radical (unpaired) electrons. The zero-order valence-electron chi connectivity index (χ0n) is 8.18. The number of nitriles is 1. The Bertz CT molecular complexity index is 399. The van der Waals surface area contributed by atoms with Crippen molar-refractivity contribution in [3.63, 3.8) is 0 Å². The minimum absolute atomic E-state index is 0.0901. The van der Waals surface area contributed by atoms with Gasteiger partial charge in [-0.05, 0) is 6.92 Å². The Morgan fingerprint density at radius 1 is 1.53 bits per heavy atom. The summed E-state index contributed by atoms with van der Waals surface area (Å²) >= 11 is 0. The van der Waals surface area contributed by atoms with E-state index >= 15 is 0 Å². The molecule has 0 amide bonds. The maximum atomic E-state index is 11.9. The van der Waals surface area contributed by atoms with Crippen molar-refractivity contribution in [2.45, 2.75) is 13.1 Å². The van der Waals surface area contributed by atoms with Gasteiger partial charge in [-0.25, -0.2) is 0 Å². The van der Waals surface area contributed by atoms with Gasteiger partial charge in [-0.2, -0.15) is 23.5 Å². The van der Waals surface area contributed by atoms with Gasteiger partial charge in [0, 0.05) is 7.05 Å². The normalized spacial score (nSPS) is 11.2. The first-order valence-electron chi connectivity index (χ1n) is 4.09. The van der Waals surface area contributed by atoms with Crippen LogP contribution < -0.4 is 5.32 Å². The summed E-state index contributed by atoms with van der Waals surface area (Å²) in [5, 5.41) is 14.7. The van der Waals surface area contributed by atoms with E-state index in [0.29, 0.717) is 5.69 Å². The van der Waals surface area contributed by atoms with Crippen molar-refractivity contribution < 1.29 is 13.2 Å². The molecule has 15 heavy (non-hydrogen) atoms. The second-order valence-corrected chi connectivity index (χ2v) is 3.01.